The van der Waals surface area contributed by atoms with E-state index in [1.165, 1.54) is 17.7 Å². The van der Waals surface area contributed by atoms with Crippen molar-refractivity contribution in [3.8, 4) is 0 Å². The van der Waals surface area contributed by atoms with Gasteiger partial charge in [-0.3, -0.25) is 9.08 Å². The third kappa shape index (κ3) is 5.37. The van der Waals surface area contributed by atoms with Crippen molar-refractivity contribution in [3.63, 3.8) is 0 Å². The van der Waals surface area contributed by atoms with Gasteiger partial charge >= 0.3 is 0 Å². The Morgan fingerprint density at radius 1 is 1.12 bits per heavy atom. The summed E-state index contributed by atoms with van der Waals surface area (Å²) >= 11 is 0. The van der Waals surface area contributed by atoms with Gasteiger partial charge in [0.15, 0.2) is 0 Å². The molecule has 4 nitrogen and oxygen atoms in total. The molecule has 26 heavy (non-hydrogen) atoms. The summed E-state index contributed by atoms with van der Waals surface area (Å²) in [5.41, 5.74) is 2.27. The van der Waals surface area contributed by atoms with Crippen molar-refractivity contribution in [2.45, 2.75) is 18.9 Å². The molecule has 0 N–H and O–H groups in total. The van der Waals surface area contributed by atoms with E-state index in [9.17, 15) is 12.8 Å². The van der Waals surface area contributed by atoms with Gasteiger partial charge in [0.25, 0.3) is 10.1 Å². The Balaban J connectivity index is 1.74. The van der Waals surface area contributed by atoms with E-state index < -0.39 is 10.1 Å². The van der Waals surface area contributed by atoms with Gasteiger partial charge in [0.05, 0.1) is 12.9 Å². The van der Waals surface area contributed by atoms with Crippen LogP contribution in [0.2, 0.25) is 0 Å². The lowest BCUT2D eigenvalue weighted by Crippen LogP contribution is -2.41. The Hall–Kier alpha value is -1.76. The number of hydrogen-bond acceptors (Lipinski definition) is 4. The smallest absolute Gasteiger partial charge is 0.264 e. The molecule has 0 aromatic heterocycles. The highest BCUT2D eigenvalue weighted by atomic mass is 32.2. The molecule has 6 heteroatoms. The van der Waals surface area contributed by atoms with Crippen molar-refractivity contribution in [1.82, 2.24) is 4.90 Å². The predicted molar refractivity (Wildman–Crippen MR) is 99.8 cm³/mol. The molecule has 0 amide bonds. The number of likely N-dealkylation sites (tertiary alicyclic amines) is 1. The van der Waals surface area contributed by atoms with Gasteiger partial charge in [0.1, 0.15) is 5.82 Å². The minimum absolute atomic E-state index is 0.0349. The van der Waals surface area contributed by atoms with Crippen molar-refractivity contribution in [1.29, 1.82) is 0 Å². The van der Waals surface area contributed by atoms with Crippen LogP contribution < -0.4 is 0 Å². The zero-order valence-electron chi connectivity index (χ0n) is 14.8. The van der Waals surface area contributed by atoms with E-state index in [0.29, 0.717) is 0 Å². The molecule has 0 aliphatic carbocycles. The van der Waals surface area contributed by atoms with Gasteiger partial charge in [-0.15, -0.1) is 0 Å². The van der Waals surface area contributed by atoms with Crippen LogP contribution in [0.4, 0.5) is 4.39 Å². The second-order valence-corrected chi connectivity index (χ2v) is 8.56. The predicted octanol–water partition coefficient (Wildman–Crippen LogP) is 3.41. The van der Waals surface area contributed by atoms with Gasteiger partial charge < -0.3 is 0 Å². The average Bonchev–Trinajstić information content (AvgIpc) is 2.61. The molecule has 3 rings (SSSR count). The fourth-order valence-electron chi connectivity index (χ4n) is 3.62. The van der Waals surface area contributed by atoms with Gasteiger partial charge in [0, 0.05) is 19.0 Å². The van der Waals surface area contributed by atoms with Crippen LogP contribution in [0.3, 0.4) is 0 Å². The summed E-state index contributed by atoms with van der Waals surface area (Å²) in [6.45, 7) is 2.62. The van der Waals surface area contributed by atoms with Gasteiger partial charge in [0.2, 0.25) is 0 Å². The summed E-state index contributed by atoms with van der Waals surface area (Å²) in [6, 6.07) is 16.7. The first-order chi connectivity index (χ1) is 12.4. The summed E-state index contributed by atoms with van der Waals surface area (Å²) in [7, 11) is -3.49. The fraction of sp³-hybridized carbons (Fsp3) is 0.400. The number of hydrogen-bond donors (Lipinski definition) is 0. The standard InChI is InChI=1S/C20H24FNO3S/c1-26(23,24)25-15-18-14-22(13-16-5-3-2-4-6-16)12-11-20(18)17-7-9-19(21)10-8-17/h2-10,18,20H,11-15H2,1H3/t18-,20+/m1/s1. The maximum atomic E-state index is 13.2. The molecule has 1 aliphatic heterocycles. The zero-order valence-corrected chi connectivity index (χ0v) is 15.7. The van der Waals surface area contributed by atoms with Crippen molar-refractivity contribution in [2.75, 3.05) is 26.0 Å². The van der Waals surface area contributed by atoms with E-state index in [1.54, 1.807) is 12.1 Å². The third-order valence-corrected chi connectivity index (χ3v) is 5.43. The lowest BCUT2D eigenvalue weighted by Gasteiger charge is -2.38. The van der Waals surface area contributed by atoms with Gasteiger partial charge in [-0.05, 0) is 42.1 Å². The fourth-order valence-corrected chi connectivity index (χ4v) is 4.04. The quantitative estimate of drug-likeness (QED) is 0.724. The van der Waals surface area contributed by atoms with Crippen LogP contribution in [-0.4, -0.2) is 39.3 Å². The zero-order chi connectivity index (χ0) is 18.6. The summed E-state index contributed by atoms with van der Waals surface area (Å²) < 4.78 is 41.3. The van der Waals surface area contributed by atoms with E-state index in [4.69, 9.17) is 4.18 Å². The van der Waals surface area contributed by atoms with Crippen LogP contribution in [0.15, 0.2) is 54.6 Å². The molecule has 0 bridgehead atoms. The van der Waals surface area contributed by atoms with E-state index in [2.05, 4.69) is 17.0 Å². The molecule has 1 saturated heterocycles. The highest BCUT2D eigenvalue weighted by Gasteiger charge is 2.31. The van der Waals surface area contributed by atoms with Crippen molar-refractivity contribution in [3.05, 3.63) is 71.5 Å². The van der Waals surface area contributed by atoms with Crippen molar-refractivity contribution in [2.24, 2.45) is 5.92 Å². The van der Waals surface area contributed by atoms with Gasteiger partial charge in [-0.25, -0.2) is 4.39 Å². The number of halogens is 1. The Morgan fingerprint density at radius 2 is 1.81 bits per heavy atom. The Morgan fingerprint density at radius 3 is 2.46 bits per heavy atom. The van der Waals surface area contributed by atoms with Crippen LogP contribution in [0, 0.1) is 11.7 Å². The molecule has 2 atom stereocenters. The number of rotatable bonds is 6. The third-order valence-electron chi connectivity index (χ3n) is 4.86. The molecule has 2 aromatic carbocycles. The molecular weight excluding hydrogens is 353 g/mol. The lowest BCUT2D eigenvalue weighted by molar-refractivity contribution is 0.109. The molecular formula is C20H24FNO3S. The first-order valence-electron chi connectivity index (χ1n) is 8.77. The second-order valence-electron chi connectivity index (χ2n) is 6.92. The molecule has 1 aliphatic rings. The maximum Gasteiger partial charge on any atom is 0.264 e. The first-order valence-corrected chi connectivity index (χ1v) is 10.6. The Labute approximate surface area is 154 Å². The minimum Gasteiger partial charge on any atom is -0.299 e. The average molecular weight is 377 g/mol. The van der Waals surface area contributed by atoms with Crippen LogP contribution >= 0.6 is 0 Å². The number of piperidine rings is 1. The van der Waals surface area contributed by atoms with Gasteiger partial charge in [-0.1, -0.05) is 42.5 Å². The van der Waals surface area contributed by atoms with Crippen LogP contribution in [0.25, 0.3) is 0 Å². The molecule has 0 spiro atoms. The second kappa shape index (κ2) is 8.29. The van der Waals surface area contributed by atoms with Gasteiger partial charge in [-0.2, -0.15) is 8.42 Å². The molecule has 0 radical (unpaired) electrons. The summed E-state index contributed by atoms with van der Waals surface area (Å²) in [6.07, 6.45) is 1.96. The highest BCUT2D eigenvalue weighted by Crippen LogP contribution is 2.34. The van der Waals surface area contributed by atoms with Crippen molar-refractivity contribution < 1.29 is 17.0 Å². The molecule has 0 unspecified atom stereocenters. The van der Waals surface area contributed by atoms with Crippen molar-refractivity contribution >= 4 is 10.1 Å². The van der Waals surface area contributed by atoms with Crippen LogP contribution in [0.1, 0.15) is 23.5 Å². The molecule has 0 saturated carbocycles. The summed E-state index contributed by atoms with van der Waals surface area (Å²) in [5, 5.41) is 0. The summed E-state index contributed by atoms with van der Waals surface area (Å²) in [5.74, 6) is -0.0729. The lowest BCUT2D eigenvalue weighted by atomic mass is 9.81. The topological polar surface area (TPSA) is 46.6 Å². The van der Waals surface area contributed by atoms with E-state index in [0.717, 1.165) is 37.9 Å². The van der Waals surface area contributed by atoms with E-state index >= 15 is 0 Å². The van der Waals surface area contributed by atoms with E-state index in [1.807, 2.05) is 18.2 Å². The molecule has 140 valence electrons. The minimum atomic E-state index is -3.49. The van der Waals surface area contributed by atoms with Crippen LogP contribution in [0.5, 0.6) is 0 Å². The maximum absolute atomic E-state index is 13.2. The number of nitrogens with zero attached hydrogens (tertiary/aromatic N) is 1. The summed E-state index contributed by atoms with van der Waals surface area (Å²) in [4.78, 5) is 2.33. The molecule has 1 fully saturated rings. The Bertz CT molecular complexity index is 809. The van der Waals surface area contributed by atoms with E-state index in [-0.39, 0.29) is 24.3 Å². The SMILES string of the molecule is CS(=O)(=O)OC[C@H]1CN(Cc2ccccc2)CC[C@H]1c1ccc(F)cc1. The normalized spacial score (nSPS) is 21.6. The molecule has 1 heterocycles. The molecule has 2 aromatic rings. The van der Waals surface area contributed by atoms with Crippen LogP contribution in [-0.2, 0) is 20.8 Å². The number of benzene rings is 2. The Kier molecular flexibility index (Phi) is 6.06. The highest BCUT2D eigenvalue weighted by molar-refractivity contribution is 7.85. The monoisotopic (exact) mass is 377 g/mol. The first kappa shape index (κ1) is 19.0. The largest absolute Gasteiger partial charge is 0.299 e.